The first kappa shape index (κ1) is 31.7. The molecule has 14 nitrogen and oxygen atoms in total. The Balaban J connectivity index is 1.48. The predicted octanol–water partition coefficient (Wildman–Crippen LogP) is -6.00. The van der Waals surface area contributed by atoms with Crippen molar-refractivity contribution in [3.63, 3.8) is 0 Å². The monoisotopic (exact) mass is 524 g/mol. The lowest BCUT2D eigenvalue weighted by molar-refractivity contribution is -0.145. The summed E-state index contributed by atoms with van der Waals surface area (Å²) >= 11 is 0. The first-order chi connectivity index (χ1) is 17.0. The number of nitrogens with one attached hydrogen (secondary N) is 2. The molecule has 14 heteroatoms. The minimum Gasteiger partial charge on any atom is -0.389 e. The third kappa shape index (κ3) is 9.63. The highest BCUT2D eigenvalue weighted by atomic mass is 16.5. The fraction of sp³-hybridized carbons (Fsp3) is 1.00. The zero-order chi connectivity index (χ0) is 26.8. The van der Waals surface area contributed by atoms with E-state index in [0.29, 0.717) is 25.9 Å². The molecule has 0 radical (unpaired) electrons. The van der Waals surface area contributed by atoms with Gasteiger partial charge in [-0.15, -0.1) is 0 Å². The van der Waals surface area contributed by atoms with Gasteiger partial charge in [0.2, 0.25) is 0 Å². The van der Waals surface area contributed by atoms with Crippen LogP contribution in [-0.2, 0) is 9.47 Å². The summed E-state index contributed by atoms with van der Waals surface area (Å²) < 4.78 is 11.0. The van der Waals surface area contributed by atoms with Crippen molar-refractivity contribution in [3.8, 4) is 0 Å². The number of aliphatic hydroxyl groups is 6. The Labute approximate surface area is 212 Å². The minimum atomic E-state index is -1.04. The Morgan fingerprint density at radius 2 is 0.917 bits per heavy atom. The summed E-state index contributed by atoms with van der Waals surface area (Å²) in [6.45, 7) is 1.75. The van der Waals surface area contributed by atoms with Gasteiger partial charge in [-0.1, -0.05) is 0 Å². The van der Waals surface area contributed by atoms with E-state index in [2.05, 4.69) is 10.6 Å². The third-order valence-corrected chi connectivity index (χ3v) is 6.87. The number of nitrogens with two attached hydrogens (primary N) is 4. The maximum Gasteiger partial charge on any atom is 0.112 e. The minimum absolute atomic E-state index is 0.0699. The first-order valence-electron chi connectivity index (χ1n) is 12.8. The van der Waals surface area contributed by atoms with Crippen molar-refractivity contribution >= 4 is 0 Å². The van der Waals surface area contributed by atoms with Crippen molar-refractivity contribution in [2.45, 2.75) is 98.7 Å². The van der Waals surface area contributed by atoms with Crippen LogP contribution in [0.2, 0.25) is 0 Å². The molecule has 2 fully saturated rings. The molecule has 2 aliphatic rings. The molecule has 0 aromatic rings. The molecule has 2 rings (SSSR count). The van der Waals surface area contributed by atoms with Crippen LogP contribution in [0.1, 0.15) is 25.7 Å². The highest BCUT2D eigenvalue weighted by Gasteiger charge is 2.42. The lowest BCUT2D eigenvalue weighted by Gasteiger charge is -2.40. The summed E-state index contributed by atoms with van der Waals surface area (Å²) in [5.74, 6) is 0. The van der Waals surface area contributed by atoms with Crippen molar-refractivity contribution < 1.29 is 40.1 Å². The Morgan fingerprint density at radius 3 is 1.22 bits per heavy atom. The molecule has 0 spiro atoms. The van der Waals surface area contributed by atoms with E-state index in [-0.39, 0.29) is 26.3 Å². The number of aliphatic hydroxyl groups excluding tert-OH is 6. The van der Waals surface area contributed by atoms with E-state index in [9.17, 15) is 30.6 Å². The van der Waals surface area contributed by atoms with Crippen LogP contribution in [0.5, 0.6) is 0 Å². The van der Waals surface area contributed by atoms with Crippen LogP contribution in [0, 0.1) is 0 Å². The summed E-state index contributed by atoms with van der Waals surface area (Å²) in [6.07, 6.45) is -5.43. The summed E-state index contributed by atoms with van der Waals surface area (Å²) in [5, 5.41) is 66.8. The fourth-order valence-corrected chi connectivity index (χ4v) is 4.56. The molecular formula is C22H48N6O8. The normalized spacial score (nSPS) is 39.2. The zero-order valence-corrected chi connectivity index (χ0v) is 20.8. The van der Waals surface area contributed by atoms with E-state index >= 15 is 0 Å². The SMILES string of the molecule is N[C@@H]1C[C@H](N)[C@@H](O)C(OCC(O)CNCCCCNCC(O)COC2[C@@H](O)[C@H](N)C[C@H](N)[C@H]2O)[C@H]1O. The molecule has 0 bridgehead atoms. The molecule has 0 aromatic heterocycles. The standard InChI is InChI=1S/C22H48N6O8/c23-13-5-14(24)18(32)21(17(13)31)35-9-11(29)7-27-3-1-2-4-28-8-12(30)10-36-22-19(33)15(25)6-16(26)20(22)34/h11-22,27-34H,1-10,23-26H2/t11?,12?,13-,14+,15-,16+,17+,18-,19+,20-,21?,22?. The molecule has 4 unspecified atom stereocenters. The highest BCUT2D eigenvalue weighted by Crippen LogP contribution is 2.22. The van der Waals surface area contributed by atoms with Gasteiger partial charge < -0.3 is 73.7 Å². The second-order valence-electron chi connectivity index (χ2n) is 10.1. The first-order valence-corrected chi connectivity index (χ1v) is 12.8. The van der Waals surface area contributed by atoms with Gasteiger partial charge in [0.25, 0.3) is 0 Å². The molecule has 0 heterocycles. The summed E-state index contributed by atoms with van der Waals surface area (Å²) in [6, 6.07) is -2.33. The summed E-state index contributed by atoms with van der Waals surface area (Å²) in [5.41, 5.74) is 23.2. The Kier molecular flexibility index (Phi) is 13.9. The largest absolute Gasteiger partial charge is 0.389 e. The van der Waals surface area contributed by atoms with Crippen molar-refractivity contribution in [2.24, 2.45) is 22.9 Å². The van der Waals surface area contributed by atoms with E-state index in [1.807, 2.05) is 0 Å². The number of hydrogen-bond donors (Lipinski definition) is 12. The van der Waals surface area contributed by atoms with Gasteiger partial charge in [0, 0.05) is 37.3 Å². The topological polar surface area (TPSA) is 268 Å². The number of unbranched alkanes of at least 4 members (excludes halogenated alkanes) is 1. The molecule has 12 atom stereocenters. The molecule has 2 aliphatic carbocycles. The van der Waals surface area contributed by atoms with E-state index in [4.69, 9.17) is 32.4 Å². The van der Waals surface area contributed by atoms with Crippen molar-refractivity contribution in [2.75, 3.05) is 39.4 Å². The summed E-state index contributed by atoms with van der Waals surface area (Å²) in [7, 11) is 0. The van der Waals surface area contributed by atoms with Gasteiger partial charge in [0.05, 0.1) is 49.8 Å². The predicted molar refractivity (Wildman–Crippen MR) is 132 cm³/mol. The lowest BCUT2D eigenvalue weighted by atomic mass is 9.85. The number of rotatable bonds is 15. The van der Waals surface area contributed by atoms with E-state index in [0.717, 1.165) is 12.8 Å². The fourth-order valence-electron chi connectivity index (χ4n) is 4.56. The molecule has 36 heavy (non-hydrogen) atoms. The molecule has 0 aliphatic heterocycles. The Hall–Kier alpha value is -0.560. The van der Waals surface area contributed by atoms with Gasteiger partial charge in [-0.25, -0.2) is 0 Å². The molecule has 2 saturated carbocycles. The smallest absolute Gasteiger partial charge is 0.112 e. The van der Waals surface area contributed by atoms with Crippen molar-refractivity contribution in [3.05, 3.63) is 0 Å². The third-order valence-electron chi connectivity index (χ3n) is 6.87. The number of ether oxygens (including phenoxy) is 2. The Morgan fingerprint density at radius 1 is 0.611 bits per heavy atom. The van der Waals surface area contributed by atoms with E-state index in [1.165, 1.54) is 0 Å². The van der Waals surface area contributed by atoms with Crippen LogP contribution in [0.3, 0.4) is 0 Å². The van der Waals surface area contributed by atoms with Gasteiger partial charge in [0.1, 0.15) is 12.2 Å². The summed E-state index contributed by atoms with van der Waals surface area (Å²) in [4.78, 5) is 0. The maximum absolute atomic E-state index is 10.1. The molecule has 0 saturated heterocycles. The van der Waals surface area contributed by atoms with E-state index in [1.54, 1.807) is 0 Å². The van der Waals surface area contributed by atoms with Crippen molar-refractivity contribution in [1.29, 1.82) is 0 Å². The molecular weight excluding hydrogens is 476 g/mol. The second kappa shape index (κ2) is 15.8. The van der Waals surface area contributed by atoms with Crippen LogP contribution in [0.15, 0.2) is 0 Å². The highest BCUT2D eigenvalue weighted by molar-refractivity contribution is 4.98. The van der Waals surface area contributed by atoms with Gasteiger partial charge in [-0.2, -0.15) is 0 Å². The molecule has 214 valence electrons. The van der Waals surface area contributed by atoms with Gasteiger partial charge in [0.15, 0.2) is 0 Å². The van der Waals surface area contributed by atoms with Gasteiger partial charge in [-0.3, -0.25) is 0 Å². The molecule has 0 aromatic carbocycles. The van der Waals surface area contributed by atoms with Crippen LogP contribution >= 0.6 is 0 Å². The average Bonchev–Trinajstić information content (AvgIpc) is 2.83. The lowest BCUT2D eigenvalue weighted by Crippen LogP contribution is -2.62. The maximum atomic E-state index is 10.1. The molecule has 0 amide bonds. The van der Waals surface area contributed by atoms with Gasteiger partial charge >= 0.3 is 0 Å². The van der Waals surface area contributed by atoms with Gasteiger partial charge in [-0.05, 0) is 38.8 Å². The average molecular weight is 525 g/mol. The number of hydrogen-bond acceptors (Lipinski definition) is 14. The van der Waals surface area contributed by atoms with Crippen molar-refractivity contribution in [1.82, 2.24) is 10.6 Å². The quantitative estimate of drug-likeness (QED) is 0.0889. The van der Waals surface area contributed by atoms with Crippen LogP contribution in [-0.4, -0.2) is 143 Å². The van der Waals surface area contributed by atoms with Crippen LogP contribution in [0.25, 0.3) is 0 Å². The Bertz CT molecular complexity index is 535. The van der Waals surface area contributed by atoms with E-state index < -0.39 is 73.0 Å². The molecule has 16 N–H and O–H groups in total. The van der Waals surface area contributed by atoms with Crippen LogP contribution in [0.4, 0.5) is 0 Å². The zero-order valence-electron chi connectivity index (χ0n) is 20.8. The van der Waals surface area contributed by atoms with Crippen LogP contribution < -0.4 is 33.6 Å². The second-order valence-corrected chi connectivity index (χ2v) is 10.1.